The molecule has 0 aliphatic carbocycles. The Hall–Kier alpha value is -1.45. The highest BCUT2D eigenvalue weighted by Gasteiger charge is 2.15. The van der Waals surface area contributed by atoms with Crippen LogP contribution in [0.25, 0.3) is 0 Å². The minimum Gasteiger partial charge on any atom is -0.460 e. The van der Waals surface area contributed by atoms with E-state index in [4.69, 9.17) is 4.74 Å². The van der Waals surface area contributed by atoms with Gasteiger partial charge in [-0.15, -0.1) is 0 Å². The van der Waals surface area contributed by atoms with Crippen LogP contribution in [0.15, 0.2) is 24.5 Å². The van der Waals surface area contributed by atoms with E-state index in [1.54, 1.807) is 0 Å². The second-order valence-electron chi connectivity index (χ2n) is 4.33. The molecule has 15 heavy (non-hydrogen) atoms. The van der Waals surface area contributed by atoms with Gasteiger partial charge in [0.15, 0.2) is 0 Å². The van der Waals surface area contributed by atoms with Gasteiger partial charge in [0.1, 0.15) is 5.60 Å². The first kappa shape index (κ1) is 11.6. The molecule has 1 N–H and O–H groups in total. The van der Waals surface area contributed by atoms with Crippen molar-refractivity contribution in [3.05, 3.63) is 24.5 Å². The summed E-state index contributed by atoms with van der Waals surface area (Å²) >= 11 is 0. The topological polar surface area (TPSA) is 43.3 Å². The summed E-state index contributed by atoms with van der Waals surface area (Å²) in [5.41, 5.74) is 2.66. The number of esters is 1. The molecule has 0 aliphatic rings. The molecule has 0 saturated carbocycles. The van der Waals surface area contributed by atoms with Crippen LogP contribution in [0.5, 0.6) is 0 Å². The summed E-state index contributed by atoms with van der Waals surface area (Å²) < 4.78 is 6.98. The predicted molar refractivity (Wildman–Crippen MR) is 59.1 cm³/mol. The fourth-order valence-electron chi connectivity index (χ4n) is 1.12. The molecule has 1 rings (SSSR count). The molecular weight excluding hydrogens is 192 g/mol. The summed E-state index contributed by atoms with van der Waals surface area (Å²) in [5, 5.41) is 0. The number of rotatable bonds is 4. The molecule has 4 heteroatoms. The molecule has 0 fully saturated rings. The number of nitrogens with one attached hydrogen (secondary N) is 1. The summed E-state index contributed by atoms with van der Waals surface area (Å²) in [6, 6.07) is 3.83. The maximum Gasteiger partial charge on any atom is 0.308 e. The van der Waals surface area contributed by atoms with E-state index < -0.39 is 5.60 Å². The van der Waals surface area contributed by atoms with E-state index in [2.05, 4.69) is 5.43 Å². The molecule has 0 aliphatic heterocycles. The van der Waals surface area contributed by atoms with Gasteiger partial charge in [-0.1, -0.05) is 0 Å². The number of nitrogens with zero attached hydrogens (tertiary/aromatic N) is 1. The van der Waals surface area contributed by atoms with Gasteiger partial charge < -0.3 is 10.2 Å². The summed E-state index contributed by atoms with van der Waals surface area (Å²) in [6.45, 7) is 6.17. The van der Waals surface area contributed by atoms with E-state index in [1.807, 2.05) is 50.0 Å². The van der Waals surface area contributed by atoms with Gasteiger partial charge in [0, 0.05) is 18.9 Å². The van der Waals surface area contributed by atoms with Gasteiger partial charge in [-0.25, -0.2) is 0 Å². The molecule has 1 aromatic rings. The molecule has 4 nitrogen and oxygen atoms in total. The average molecular weight is 210 g/mol. The first-order chi connectivity index (χ1) is 6.97. The van der Waals surface area contributed by atoms with Crippen LogP contribution in [0, 0.1) is 0 Å². The Balaban J connectivity index is 2.18. The van der Waals surface area contributed by atoms with Crippen molar-refractivity contribution < 1.29 is 9.53 Å². The molecule has 0 spiro atoms. The van der Waals surface area contributed by atoms with Crippen LogP contribution in [0.2, 0.25) is 0 Å². The van der Waals surface area contributed by atoms with Gasteiger partial charge >= 0.3 is 5.97 Å². The van der Waals surface area contributed by atoms with Gasteiger partial charge in [0.2, 0.25) is 0 Å². The van der Waals surface area contributed by atoms with Crippen LogP contribution in [0.1, 0.15) is 27.2 Å². The smallest absolute Gasteiger partial charge is 0.308 e. The van der Waals surface area contributed by atoms with Gasteiger partial charge in [0.05, 0.1) is 6.42 Å². The minimum absolute atomic E-state index is 0.179. The van der Waals surface area contributed by atoms with E-state index in [1.165, 1.54) is 0 Å². The highest BCUT2D eigenvalue weighted by molar-refractivity contribution is 5.70. The number of carbonyl (C=O) groups excluding carboxylic acids is 1. The lowest BCUT2D eigenvalue weighted by atomic mass is 10.2. The van der Waals surface area contributed by atoms with Gasteiger partial charge in [0.25, 0.3) is 0 Å². The van der Waals surface area contributed by atoms with Crippen LogP contribution >= 0.6 is 0 Å². The lowest BCUT2D eigenvalue weighted by molar-refractivity contribution is -0.154. The lowest BCUT2D eigenvalue weighted by Gasteiger charge is -2.19. The molecule has 1 aromatic heterocycles. The van der Waals surface area contributed by atoms with E-state index in [0.29, 0.717) is 13.0 Å². The van der Waals surface area contributed by atoms with Crippen molar-refractivity contribution in [2.45, 2.75) is 32.8 Å². The zero-order valence-electron chi connectivity index (χ0n) is 9.49. The Bertz CT molecular complexity index is 299. The number of hydrogen-bond donors (Lipinski definition) is 1. The summed E-state index contributed by atoms with van der Waals surface area (Å²) in [4.78, 5) is 11.3. The van der Waals surface area contributed by atoms with E-state index in [0.717, 1.165) is 0 Å². The SMILES string of the molecule is CC(C)(C)OC(=O)CCNn1cccc1. The molecule has 0 unspecified atom stereocenters. The van der Waals surface area contributed by atoms with Crippen molar-refractivity contribution in [2.75, 3.05) is 12.0 Å². The Morgan fingerprint density at radius 1 is 1.33 bits per heavy atom. The number of aromatic nitrogens is 1. The molecule has 0 saturated heterocycles. The molecule has 84 valence electrons. The Labute approximate surface area is 90.2 Å². The summed E-state index contributed by atoms with van der Waals surface area (Å²) in [7, 11) is 0. The van der Waals surface area contributed by atoms with Crippen LogP contribution in [-0.2, 0) is 9.53 Å². The van der Waals surface area contributed by atoms with E-state index >= 15 is 0 Å². The Morgan fingerprint density at radius 2 is 1.93 bits per heavy atom. The predicted octanol–water partition coefficient (Wildman–Crippen LogP) is 1.76. The number of ether oxygens (including phenoxy) is 1. The number of hydrogen-bond acceptors (Lipinski definition) is 3. The monoisotopic (exact) mass is 210 g/mol. The third kappa shape index (κ3) is 5.10. The van der Waals surface area contributed by atoms with Crippen molar-refractivity contribution in [1.29, 1.82) is 0 Å². The number of carbonyl (C=O) groups is 1. The molecule has 1 heterocycles. The van der Waals surface area contributed by atoms with Crippen molar-refractivity contribution >= 4 is 5.97 Å². The Kier molecular flexibility index (Phi) is 3.77. The zero-order chi connectivity index (χ0) is 11.3. The zero-order valence-corrected chi connectivity index (χ0v) is 9.49. The third-order valence-electron chi connectivity index (χ3n) is 1.65. The molecular formula is C11H18N2O2. The summed E-state index contributed by atoms with van der Waals surface area (Å²) in [5.74, 6) is -0.179. The van der Waals surface area contributed by atoms with Crippen molar-refractivity contribution in [1.82, 2.24) is 4.68 Å². The van der Waals surface area contributed by atoms with Crippen molar-refractivity contribution in [3.63, 3.8) is 0 Å². The standard InChI is InChI=1S/C11H18N2O2/c1-11(2,3)15-10(14)6-7-12-13-8-4-5-9-13/h4-5,8-9,12H,6-7H2,1-3H3. The maximum absolute atomic E-state index is 11.3. The highest BCUT2D eigenvalue weighted by atomic mass is 16.6. The molecule has 0 atom stereocenters. The first-order valence-electron chi connectivity index (χ1n) is 5.06. The second kappa shape index (κ2) is 4.87. The van der Waals surface area contributed by atoms with Crippen LogP contribution in [-0.4, -0.2) is 22.8 Å². The van der Waals surface area contributed by atoms with Gasteiger partial charge in [-0.05, 0) is 32.9 Å². The molecule has 0 amide bonds. The molecule has 0 radical (unpaired) electrons. The average Bonchev–Trinajstić information content (AvgIpc) is 2.53. The fraction of sp³-hybridized carbons (Fsp3) is 0.545. The maximum atomic E-state index is 11.3. The molecule has 0 aromatic carbocycles. The highest BCUT2D eigenvalue weighted by Crippen LogP contribution is 2.07. The van der Waals surface area contributed by atoms with Crippen LogP contribution in [0.3, 0.4) is 0 Å². The fourth-order valence-corrected chi connectivity index (χ4v) is 1.12. The third-order valence-corrected chi connectivity index (χ3v) is 1.65. The minimum atomic E-state index is -0.398. The molecule has 0 bridgehead atoms. The van der Waals surface area contributed by atoms with Gasteiger partial charge in [-0.2, -0.15) is 0 Å². The van der Waals surface area contributed by atoms with Crippen molar-refractivity contribution in [2.24, 2.45) is 0 Å². The van der Waals surface area contributed by atoms with Crippen LogP contribution < -0.4 is 5.43 Å². The normalized spacial score (nSPS) is 11.1. The van der Waals surface area contributed by atoms with Crippen molar-refractivity contribution in [3.8, 4) is 0 Å². The summed E-state index contributed by atoms with van der Waals surface area (Å²) in [6.07, 6.45) is 4.14. The Morgan fingerprint density at radius 3 is 2.47 bits per heavy atom. The quantitative estimate of drug-likeness (QED) is 0.770. The van der Waals surface area contributed by atoms with Crippen LogP contribution in [0.4, 0.5) is 0 Å². The largest absolute Gasteiger partial charge is 0.460 e. The van der Waals surface area contributed by atoms with E-state index in [9.17, 15) is 4.79 Å². The second-order valence-corrected chi connectivity index (χ2v) is 4.33. The van der Waals surface area contributed by atoms with E-state index in [-0.39, 0.29) is 5.97 Å². The first-order valence-corrected chi connectivity index (χ1v) is 5.06. The van der Waals surface area contributed by atoms with Gasteiger partial charge in [-0.3, -0.25) is 9.47 Å². The lowest BCUT2D eigenvalue weighted by Crippen LogP contribution is -2.26.